The largest absolute Gasteiger partial charge is 0.472 e. The lowest BCUT2D eigenvalue weighted by Gasteiger charge is -2.32. The first-order chi connectivity index (χ1) is 14.5. The Morgan fingerprint density at radius 3 is 2.93 bits per heavy atom. The number of H-pyrrole nitrogens is 1. The van der Waals surface area contributed by atoms with Crippen LogP contribution < -0.4 is 15.4 Å². The lowest BCUT2D eigenvalue weighted by atomic mass is 9.79. The van der Waals surface area contributed by atoms with Crippen LogP contribution in [0.1, 0.15) is 37.8 Å². The molecule has 9 heteroatoms. The third kappa shape index (κ3) is 3.20. The molecule has 9 nitrogen and oxygen atoms in total. The van der Waals surface area contributed by atoms with Gasteiger partial charge in [-0.25, -0.2) is 0 Å². The molecule has 4 N–H and O–H groups in total. The number of nitrogens with one attached hydrogen (secondary N) is 3. The van der Waals surface area contributed by atoms with Gasteiger partial charge in [0.2, 0.25) is 11.8 Å². The summed E-state index contributed by atoms with van der Waals surface area (Å²) in [6.07, 6.45) is 4.98. The van der Waals surface area contributed by atoms with E-state index < -0.39 is 5.60 Å². The fourth-order valence-corrected chi connectivity index (χ4v) is 6.15. The van der Waals surface area contributed by atoms with E-state index in [4.69, 9.17) is 9.47 Å². The normalized spacial score (nSPS) is 36.4. The average Bonchev–Trinajstić information content (AvgIpc) is 3.42. The second-order valence-electron chi connectivity index (χ2n) is 9.47. The van der Waals surface area contributed by atoms with Crippen molar-refractivity contribution in [3.05, 3.63) is 17.8 Å². The molecule has 5 fully saturated rings. The summed E-state index contributed by atoms with van der Waals surface area (Å²) < 4.78 is 11.5. The van der Waals surface area contributed by atoms with Crippen LogP contribution in [0, 0.1) is 24.7 Å². The van der Waals surface area contributed by atoms with Crippen LogP contribution in [0.4, 0.5) is 17.6 Å². The summed E-state index contributed by atoms with van der Waals surface area (Å²) in [6, 6.07) is 3.93. The van der Waals surface area contributed by atoms with Crippen LogP contribution >= 0.6 is 0 Å². The third-order valence-corrected chi connectivity index (χ3v) is 7.25. The zero-order valence-corrected chi connectivity index (χ0v) is 17.1. The van der Waals surface area contributed by atoms with Crippen molar-refractivity contribution in [1.82, 2.24) is 20.2 Å². The molecule has 2 aromatic rings. The van der Waals surface area contributed by atoms with E-state index in [0.717, 1.165) is 31.4 Å². The molecule has 30 heavy (non-hydrogen) atoms. The van der Waals surface area contributed by atoms with Gasteiger partial charge >= 0.3 is 0 Å². The summed E-state index contributed by atoms with van der Waals surface area (Å²) in [7, 11) is 0. The van der Waals surface area contributed by atoms with Crippen molar-refractivity contribution >= 4 is 17.6 Å². The summed E-state index contributed by atoms with van der Waals surface area (Å²) >= 11 is 0. The average molecular weight is 412 g/mol. The molecular formula is C21H28N6O3. The molecule has 1 aliphatic heterocycles. The fourth-order valence-electron chi connectivity index (χ4n) is 6.15. The number of aryl methyl sites for hydroxylation is 1. The zero-order valence-electron chi connectivity index (χ0n) is 17.1. The molecule has 4 aliphatic carbocycles. The maximum atomic E-state index is 11.0. The first-order valence-corrected chi connectivity index (χ1v) is 11.0. The Morgan fingerprint density at radius 1 is 1.23 bits per heavy atom. The minimum absolute atomic E-state index is 0.00650. The first kappa shape index (κ1) is 18.4. The molecule has 4 bridgehead atoms. The summed E-state index contributed by atoms with van der Waals surface area (Å²) in [6.45, 7) is 3.24. The highest BCUT2D eigenvalue weighted by molar-refractivity contribution is 5.55. The van der Waals surface area contributed by atoms with Crippen LogP contribution in [-0.4, -0.2) is 56.2 Å². The molecule has 5 unspecified atom stereocenters. The molecule has 0 amide bonds. The predicted molar refractivity (Wildman–Crippen MR) is 110 cm³/mol. The quantitative estimate of drug-likeness (QED) is 0.571. The summed E-state index contributed by atoms with van der Waals surface area (Å²) in [5, 5.41) is 25.0. The second kappa shape index (κ2) is 6.81. The molecule has 1 saturated heterocycles. The Labute approximate surface area is 175 Å². The Kier molecular flexibility index (Phi) is 4.18. The van der Waals surface area contributed by atoms with Gasteiger partial charge in [-0.05, 0) is 44.4 Å². The van der Waals surface area contributed by atoms with Gasteiger partial charge < -0.3 is 25.2 Å². The topological polar surface area (TPSA) is 117 Å². The standard InChI is InChI=1S/C21H28N6O3/c1-11-4-17(27-26-11)22-16-7-18(30-14-2-3-29-10-14)24-20(23-16)25-19-13-5-12-6-15(19)21(28,8-12)9-13/h4,7,12-15,19,28H,2-3,5-6,8-10H2,1H3,(H3,22,23,24,25,26,27)/t12?,13?,14-,15?,19?,21?/m1/s1. The van der Waals surface area contributed by atoms with E-state index >= 15 is 0 Å². The van der Waals surface area contributed by atoms with Gasteiger partial charge in [-0.3, -0.25) is 5.10 Å². The highest BCUT2D eigenvalue weighted by atomic mass is 16.5. The van der Waals surface area contributed by atoms with E-state index in [1.165, 1.54) is 6.42 Å². The highest BCUT2D eigenvalue weighted by Crippen LogP contribution is 2.60. The van der Waals surface area contributed by atoms with Crippen LogP contribution in [0.25, 0.3) is 0 Å². The van der Waals surface area contributed by atoms with E-state index in [9.17, 15) is 5.11 Å². The van der Waals surface area contributed by atoms with Gasteiger partial charge in [-0.15, -0.1) is 0 Å². The maximum Gasteiger partial charge on any atom is 0.228 e. The number of rotatable bonds is 6. The van der Waals surface area contributed by atoms with Crippen LogP contribution in [-0.2, 0) is 4.74 Å². The molecule has 0 aromatic carbocycles. The van der Waals surface area contributed by atoms with E-state index in [1.54, 1.807) is 6.07 Å². The van der Waals surface area contributed by atoms with Crippen LogP contribution in [0.3, 0.4) is 0 Å². The summed E-state index contributed by atoms with van der Waals surface area (Å²) in [4.78, 5) is 9.33. The van der Waals surface area contributed by atoms with E-state index in [0.29, 0.717) is 48.5 Å². The van der Waals surface area contributed by atoms with Crippen LogP contribution in [0.5, 0.6) is 5.88 Å². The van der Waals surface area contributed by atoms with Gasteiger partial charge in [0, 0.05) is 36.2 Å². The van der Waals surface area contributed by atoms with Crippen molar-refractivity contribution in [2.45, 2.75) is 56.8 Å². The van der Waals surface area contributed by atoms with Gasteiger partial charge in [0.25, 0.3) is 0 Å². The van der Waals surface area contributed by atoms with Crippen molar-refractivity contribution in [3.63, 3.8) is 0 Å². The van der Waals surface area contributed by atoms with Gasteiger partial charge in [0.1, 0.15) is 11.9 Å². The number of hydrogen-bond acceptors (Lipinski definition) is 8. The Morgan fingerprint density at radius 2 is 2.17 bits per heavy atom. The molecule has 3 heterocycles. The van der Waals surface area contributed by atoms with Gasteiger partial charge in [0.05, 0.1) is 18.8 Å². The van der Waals surface area contributed by atoms with Crippen LogP contribution in [0.2, 0.25) is 0 Å². The Bertz CT molecular complexity index is 945. The first-order valence-electron chi connectivity index (χ1n) is 11.0. The molecule has 4 saturated carbocycles. The number of aromatic nitrogens is 4. The minimum atomic E-state index is -0.506. The van der Waals surface area contributed by atoms with Crippen molar-refractivity contribution < 1.29 is 14.6 Å². The lowest BCUT2D eigenvalue weighted by Crippen LogP contribution is -2.37. The number of hydrogen-bond donors (Lipinski definition) is 4. The summed E-state index contributed by atoms with van der Waals surface area (Å²) in [5.41, 5.74) is 0.462. The van der Waals surface area contributed by atoms with Crippen molar-refractivity contribution in [3.8, 4) is 5.88 Å². The maximum absolute atomic E-state index is 11.0. The fraction of sp³-hybridized carbons (Fsp3) is 0.667. The van der Waals surface area contributed by atoms with Gasteiger partial charge in [-0.2, -0.15) is 15.1 Å². The van der Waals surface area contributed by atoms with Crippen molar-refractivity contribution in [2.24, 2.45) is 17.8 Å². The number of aliphatic hydroxyl groups is 1. The van der Waals surface area contributed by atoms with Crippen molar-refractivity contribution in [2.75, 3.05) is 23.8 Å². The predicted octanol–water partition coefficient (Wildman–Crippen LogP) is 2.38. The molecule has 2 aromatic heterocycles. The van der Waals surface area contributed by atoms with E-state index in [1.807, 2.05) is 13.0 Å². The second-order valence-corrected chi connectivity index (χ2v) is 9.47. The van der Waals surface area contributed by atoms with Crippen LogP contribution in [0.15, 0.2) is 12.1 Å². The Hall–Kier alpha value is -2.39. The molecule has 7 rings (SSSR count). The number of nitrogens with zero attached hydrogens (tertiary/aromatic N) is 3. The van der Waals surface area contributed by atoms with E-state index in [-0.39, 0.29) is 18.1 Å². The molecule has 6 atom stereocenters. The smallest absolute Gasteiger partial charge is 0.228 e. The van der Waals surface area contributed by atoms with Crippen molar-refractivity contribution in [1.29, 1.82) is 0 Å². The molecule has 0 spiro atoms. The number of aromatic amines is 1. The number of ether oxygens (including phenoxy) is 2. The monoisotopic (exact) mass is 412 g/mol. The number of anilines is 3. The summed E-state index contributed by atoms with van der Waals surface area (Å²) in [5.74, 6) is 3.81. The minimum Gasteiger partial charge on any atom is -0.472 e. The van der Waals surface area contributed by atoms with Gasteiger partial charge in [0.15, 0.2) is 5.82 Å². The van der Waals surface area contributed by atoms with Gasteiger partial charge in [-0.1, -0.05) is 0 Å². The SMILES string of the molecule is Cc1cc(Nc2cc(O[C@@H]3CCOC3)nc(NC3C4CC5CC3C(O)(C5)C4)n2)n[nH]1. The molecule has 0 radical (unpaired) electrons. The Balaban J connectivity index is 1.27. The highest BCUT2D eigenvalue weighted by Gasteiger charge is 2.62. The van der Waals surface area contributed by atoms with E-state index in [2.05, 4.69) is 30.8 Å². The lowest BCUT2D eigenvalue weighted by molar-refractivity contribution is 0.00988. The third-order valence-electron chi connectivity index (χ3n) is 7.25. The molecular weight excluding hydrogens is 384 g/mol. The molecule has 160 valence electrons. The zero-order chi connectivity index (χ0) is 20.3. The molecule has 5 aliphatic rings.